The lowest BCUT2D eigenvalue weighted by Crippen LogP contribution is -2.36. The molecule has 2 aliphatic rings. The van der Waals surface area contributed by atoms with Gasteiger partial charge in [0, 0.05) is 45.1 Å². The molecule has 1 amide bonds. The molecule has 0 spiro atoms. The molecule has 120 valence electrons. The molecule has 2 aliphatic heterocycles. The summed E-state index contributed by atoms with van der Waals surface area (Å²) in [5, 5.41) is 0. The van der Waals surface area contributed by atoms with Gasteiger partial charge in [0.2, 0.25) is 0 Å². The summed E-state index contributed by atoms with van der Waals surface area (Å²) in [4.78, 5) is 25.5. The third-order valence-electron chi connectivity index (χ3n) is 4.71. The third-order valence-corrected chi connectivity index (χ3v) is 4.71. The molecule has 1 fully saturated rings. The third kappa shape index (κ3) is 2.86. The van der Waals surface area contributed by atoms with Gasteiger partial charge in [-0.15, -0.1) is 0 Å². The van der Waals surface area contributed by atoms with Gasteiger partial charge in [-0.25, -0.2) is 4.98 Å². The second-order valence-electron chi connectivity index (χ2n) is 6.28. The lowest BCUT2D eigenvalue weighted by molar-refractivity contribution is 0.0777. The topological polar surface area (TPSA) is 54.3 Å². The molecule has 0 bridgehead atoms. The van der Waals surface area contributed by atoms with Gasteiger partial charge in [0.15, 0.2) is 0 Å². The highest BCUT2D eigenvalue weighted by Crippen LogP contribution is 2.19. The first-order chi connectivity index (χ1) is 11.3. The Morgan fingerprint density at radius 3 is 2.65 bits per heavy atom. The maximum atomic E-state index is 12.6. The summed E-state index contributed by atoms with van der Waals surface area (Å²) in [5.41, 5.74) is 2.01. The van der Waals surface area contributed by atoms with Crippen LogP contribution in [-0.2, 0) is 19.6 Å². The number of hydrogen-bond acceptors (Lipinski definition) is 4. The van der Waals surface area contributed by atoms with Crippen LogP contribution in [0.15, 0.2) is 30.7 Å². The van der Waals surface area contributed by atoms with Crippen LogP contribution in [0.5, 0.6) is 0 Å². The van der Waals surface area contributed by atoms with Crippen LogP contribution in [0.25, 0.3) is 0 Å². The summed E-state index contributed by atoms with van der Waals surface area (Å²) < 4.78 is 2.10. The van der Waals surface area contributed by atoms with Gasteiger partial charge in [0.05, 0.1) is 12.7 Å². The Kier molecular flexibility index (Phi) is 3.83. The second kappa shape index (κ2) is 6.12. The zero-order valence-electron chi connectivity index (χ0n) is 13.2. The molecule has 4 heterocycles. The minimum absolute atomic E-state index is 0.142. The lowest BCUT2D eigenvalue weighted by atomic mass is 10.2. The van der Waals surface area contributed by atoms with Crippen LogP contribution >= 0.6 is 0 Å². The van der Waals surface area contributed by atoms with Gasteiger partial charge in [-0.05, 0) is 30.5 Å². The molecular weight excluding hydrogens is 290 g/mol. The van der Waals surface area contributed by atoms with Crippen molar-refractivity contribution in [3.05, 3.63) is 47.8 Å². The van der Waals surface area contributed by atoms with E-state index in [9.17, 15) is 4.79 Å². The number of pyridine rings is 1. The Morgan fingerprint density at radius 2 is 1.87 bits per heavy atom. The molecule has 0 N–H and O–H groups in total. The molecule has 0 aliphatic carbocycles. The minimum Gasteiger partial charge on any atom is -0.337 e. The van der Waals surface area contributed by atoms with Crippen LogP contribution in [0.4, 0.5) is 0 Å². The van der Waals surface area contributed by atoms with Gasteiger partial charge in [-0.2, -0.15) is 0 Å². The highest BCUT2D eigenvalue weighted by molar-refractivity contribution is 5.92. The van der Waals surface area contributed by atoms with Crippen molar-refractivity contribution >= 4 is 5.91 Å². The van der Waals surface area contributed by atoms with Gasteiger partial charge >= 0.3 is 0 Å². The average Bonchev–Trinajstić information content (AvgIpc) is 3.25. The molecule has 0 aromatic carbocycles. The largest absolute Gasteiger partial charge is 0.337 e. The molecule has 0 saturated carbocycles. The number of aromatic nitrogens is 3. The summed E-state index contributed by atoms with van der Waals surface area (Å²) in [6.07, 6.45) is 7.64. The molecule has 1 saturated heterocycles. The minimum atomic E-state index is 0.142. The van der Waals surface area contributed by atoms with E-state index in [2.05, 4.69) is 19.4 Å². The highest BCUT2D eigenvalue weighted by atomic mass is 16.2. The molecule has 2 aromatic heterocycles. The quantitative estimate of drug-likeness (QED) is 0.862. The van der Waals surface area contributed by atoms with Crippen molar-refractivity contribution < 1.29 is 4.79 Å². The van der Waals surface area contributed by atoms with Crippen molar-refractivity contribution in [3.8, 4) is 0 Å². The van der Waals surface area contributed by atoms with E-state index < -0.39 is 0 Å². The summed E-state index contributed by atoms with van der Waals surface area (Å²) in [6.45, 7) is 5.21. The average molecular weight is 311 g/mol. The number of carbonyl (C=O) groups is 1. The van der Waals surface area contributed by atoms with Gasteiger partial charge in [-0.3, -0.25) is 14.7 Å². The van der Waals surface area contributed by atoms with Gasteiger partial charge < -0.3 is 9.47 Å². The van der Waals surface area contributed by atoms with Crippen LogP contribution in [0.2, 0.25) is 0 Å². The Hall–Kier alpha value is -2.21. The fourth-order valence-electron chi connectivity index (χ4n) is 3.44. The summed E-state index contributed by atoms with van der Waals surface area (Å²) in [7, 11) is 0. The van der Waals surface area contributed by atoms with E-state index in [1.165, 1.54) is 5.56 Å². The molecular formula is C17H21N5O. The number of rotatable bonds is 3. The van der Waals surface area contributed by atoms with Crippen molar-refractivity contribution in [2.45, 2.75) is 32.5 Å². The number of carbonyl (C=O) groups excluding carboxylic acids is 1. The van der Waals surface area contributed by atoms with Gasteiger partial charge in [-0.1, -0.05) is 0 Å². The molecule has 6 nitrogen and oxygen atoms in total. The molecule has 23 heavy (non-hydrogen) atoms. The van der Waals surface area contributed by atoms with Crippen LogP contribution in [0, 0.1) is 0 Å². The standard InChI is InChI=1S/C17H21N5O/c23-17(21-7-1-2-8-21)15-11-19-16-13-20(9-10-22(15)16)12-14-3-5-18-6-4-14/h3-6,11H,1-2,7-10,12-13H2. The maximum absolute atomic E-state index is 12.6. The van der Waals surface area contributed by atoms with Gasteiger partial charge in [0.1, 0.15) is 11.5 Å². The number of amides is 1. The molecule has 0 unspecified atom stereocenters. The van der Waals surface area contributed by atoms with E-state index in [0.717, 1.165) is 63.6 Å². The predicted molar refractivity (Wildman–Crippen MR) is 85.7 cm³/mol. The Morgan fingerprint density at radius 1 is 1.09 bits per heavy atom. The van der Waals surface area contributed by atoms with Crippen LogP contribution in [-0.4, -0.2) is 49.9 Å². The fraction of sp³-hybridized carbons (Fsp3) is 0.471. The molecule has 0 radical (unpaired) electrons. The number of hydrogen-bond donors (Lipinski definition) is 0. The number of nitrogens with zero attached hydrogens (tertiary/aromatic N) is 5. The van der Waals surface area contributed by atoms with Crippen LogP contribution in [0.1, 0.15) is 34.7 Å². The van der Waals surface area contributed by atoms with E-state index >= 15 is 0 Å². The van der Waals surface area contributed by atoms with E-state index in [0.29, 0.717) is 0 Å². The zero-order valence-corrected chi connectivity index (χ0v) is 13.2. The summed E-state index contributed by atoms with van der Waals surface area (Å²) in [6, 6.07) is 4.09. The Balaban J connectivity index is 1.47. The highest BCUT2D eigenvalue weighted by Gasteiger charge is 2.27. The predicted octanol–water partition coefficient (Wildman–Crippen LogP) is 1.53. The van der Waals surface area contributed by atoms with Crippen molar-refractivity contribution in [1.29, 1.82) is 0 Å². The number of fused-ring (bicyclic) bond motifs is 1. The first-order valence-corrected chi connectivity index (χ1v) is 8.26. The molecule has 2 aromatic rings. The molecule has 0 atom stereocenters. The molecule has 6 heteroatoms. The second-order valence-corrected chi connectivity index (χ2v) is 6.28. The van der Waals surface area contributed by atoms with E-state index in [1.54, 1.807) is 6.20 Å². The van der Waals surface area contributed by atoms with E-state index in [-0.39, 0.29) is 5.91 Å². The SMILES string of the molecule is O=C(c1cnc2n1CCN(Cc1ccncc1)C2)N1CCCC1. The smallest absolute Gasteiger partial charge is 0.272 e. The summed E-state index contributed by atoms with van der Waals surface area (Å²) in [5.74, 6) is 1.14. The molecule has 4 rings (SSSR count). The maximum Gasteiger partial charge on any atom is 0.272 e. The van der Waals surface area contributed by atoms with Crippen molar-refractivity contribution in [1.82, 2.24) is 24.3 Å². The monoisotopic (exact) mass is 311 g/mol. The Labute approximate surface area is 135 Å². The normalized spacial score (nSPS) is 18.2. The van der Waals surface area contributed by atoms with Crippen molar-refractivity contribution in [3.63, 3.8) is 0 Å². The zero-order chi connectivity index (χ0) is 15.6. The fourth-order valence-corrected chi connectivity index (χ4v) is 3.44. The first-order valence-electron chi connectivity index (χ1n) is 8.26. The van der Waals surface area contributed by atoms with Crippen LogP contribution < -0.4 is 0 Å². The van der Waals surface area contributed by atoms with Crippen molar-refractivity contribution in [2.24, 2.45) is 0 Å². The van der Waals surface area contributed by atoms with Crippen LogP contribution in [0.3, 0.4) is 0 Å². The van der Waals surface area contributed by atoms with Gasteiger partial charge in [0.25, 0.3) is 5.91 Å². The first kappa shape index (κ1) is 14.4. The van der Waals surface area contributed by atoms with E-state index in [1.807, 2.05) is 29.4 Å². The van der Waals surface area contributed by atoms with Crippen molar-refractivity contribution in [2.75, 3.05) is 19.6 Å². The summed E-state index contributed by atoms with van der Waals surface area (Å²) >= 11 is 0. The lowest BCUT2D eigenvalue weighted by Gasteiger charge is -2.28. The Bertz CT molecular complexity index is 690. The number of likely N-dealkylation sites (tertiary alicyclic amines) is 1. The van der Waals surface area contributed by atoms with E-state index in [4.69, 9.17) is 0 Å². The number of imidazole rings is 1.